The summed E-state index contributed by atoms with van der Waals surface area (Å²) >= 11 is 0. The van der Waals surface area contributed by atoms with Gasteiger partial charge in [0.05, 0.1) is 18.3 Å². The molecule has 0 radical (unpaired) electrons. The summed E-state index contributed by atoms with van der Waals surface area (Å²) in [6.07, 6.45) is -0.280. The van der Waals surface area contributed by atoms with Crippen LogP contribution < -0.4 is 0 Å². The molecule has 4 nitrogen and oxygen atoms in total. The van der Waals surface area contributed by atoms with E-state index in [4.69, 9.17) is 9.47 Å². The van der Waals surface area contributed by atoms with Crippen LogP contribution in [-0.2, 0) is 9.47 Å². The van der Waals surface area contributed by atoms with E-state index < -0.39 is 6.10 Å². The van der Waals surface area contributed by atoms with Gasteiger partial charge in [-0.2, -0.15) is 0 Å². The third-order valence-electron chi connectivity index (χ3n) is 3.75. The lowest BCUT2D eigenvalue weighted by atomic mass is 10.1. The Balaban J connectivity index is 1.95. The van der Waals surface area contributed by atoms with Gasteiger partial charge in [-0.05, 0) is 12.5 Å². The number of likely N-dealkylation sites (tertiary alicyclic amines) is 1. The minimum absolute atomic E-state index is 0.0923. The van der Waals surface area contributed by atoms with Gasteiger partial charge in [-0.1, -0.05) is 29.8 Å². The van der Waals surface area contributed by atoms with Crippen molar-refractivity contribution >= 4 is 0 Å². The first-order valence-corrected chi connectivity index (χ1v) is 6.66. The van der Waals surface area contributed by atoms with Crippen molar-refractivity contribution in [1.29, 1.82) is 0 Å². The maximum Gasteiger partial charge on any atom is 0.0971 e. The van der Waals surface area contributed by atoms with E-state index in [2.05, 4.69) is 4.90 Å². The average molecular weight is 265 g/mol. The first kappa shape index (κ1) is 14.5. The minimum Gasteiger partial charge on any atom is -0.387 e. The molecule has 4 heteroatoms. The number of benzene rings is 1. The predicted octanol–water partition coefficient (Wildman–Crippen LogP) is 1.37. The summed E-state index contributed by atoms with van der Waals surface area (Å²) in [6, 6.07) is 8.01. The van der Waals surface area contributed by atoms with Gasteiger partial charge in [0.25, 0.3) is 0 Å². The lowest BCUT2D eigenvalue weighted by Crippen LogP contribution is -2.27. The fraction of sp³-hybridized carbons (Fsp3) is 0.600. The summed E-state index contributed by atoms with van der Waals surface area (Å²) in [7, 11) is 3.41. The van der Waals surface area contributed by atoms with Crippen molar-refractivity contribution < 1.29 is 14.6 Å². The van der Waals surface area contributed by atoms with Crippen molar-refractivity contribution in [1.82, 2.24) is 4.90 Å². The molecule has 0 bridgehead atoms. The Morgan fingerprint density at radius 3 is 2.42 bits per heavy atom. The summed E-state index contributed by atoms with van der Waals surface area (Å²) in [6.45, 7) is 4.26. The molecule has 1 heterocycles. The number of nitrogens with zero attached hydrogens (tertiary/aromatic N) is 1. The summed E-state index contributed by atoms with van der Waals surface area (Å²) in [4.78, 5) is 2.19. The van der Waals surface area contributed by atoms with Crippen LogP contribution >= 0.6 is 0 Å². The zero-order chi connectivity index (χ0) is 13.8. The monoisotopic (exact) mass is 265 g/mol. The molecule has 1 aliphatic rings. The van der Waals surface area contributed by atoms with Crippen molar-refractivity contribution in [3.8, 4) is 0 Å². The third kappa shape index (κ3) is 3.54. The zero-order valence-corrected chi connectivity index (χ0v) is 11.9. The zero-order valence-electron chi connectivity index (χ0n) is 11.9. The van der Waals surface area contributed by atoms with Crippen LogP contribution in [0.15, 0.2) is 24.3 Å². The van der Waals surface area contributed by atoms with E-state index in [1.165, 1.54) is 5.56 Å². The Morgan fingerprint density at radius 1 is 1.26 bits per heavy atom. The number of ether oxygens (including phenoxy) is 2. The lowest BCUT2D eigenvalue weighted by Gasteiger charge is -2.20. The smallest absolute Gasteiger partial charge is 0.0971 e. The van der Waals surface area contributed by atoms with Gasteiger partial charge < -0.3 is 14.6 Å². The molecule has 2 rings (SSSR count). The quantitative estimate of drug-likeness (QED) is 0.873. The average Bonchev–Trinajstić information content (AvgIpc) is 2.80. The summed E-state index contributed by atoms with van der Waals surface area (Å²) < 4.78 is 10.8. The largest absolute Gasteiger partial charge is 0.387 e. The van der Waals surface area contributed by atoms with Crippen LogP contribution in [0.3, 0.4) is 0 Å². The maximum absolute atomic E-state index is 10.3. The van der Waals surface area contributed by atoms with Gasteiger partial charge in [-0.3, -0.25) is 4.90 Å². The molecule has 0 aromatic heterocycles. The van der Waals surface area contributed by atoms with E-state index in [1.54, 1.807) is 14.2 Å². The topological polar surface area (TPSA) is 41.9 Å². The van der Waals surface area contributed by atoms with Crippen LogP contribution in [0.1, 0.15) is 17.2 Å². The van der Waals surface area contributed by atoms with E-state index in [1.807, 2.05) is 31.2 Å². The predicted molar refractivity (Wildman–Crippen MR) is 74.2 cm³/mol. The Bertz CT molecular complexity index is 398. The maximum atomic E-state index is 10.3. The van der Waals surface area contributed by atoms with E-state index in [0.717, 1.165) is 18.7 Å². The minimum atomic E-state index is -0.465. The van der Waals surface area contributed by atoms with Crippen LogP contribution in [0.25, 0.3) is 0 Å². The molecule has 0 amide bonds. The molecule has 1 fully saturated rings. The highest BCUT2D eigenvalue weighted by atomic mass is 16.5. The molecule has 1 aromatic rings. The number of hydrogen-bond donors (Lipinski definition) is 1. The fourth-order valence-corrected chi connectivity index (χ4v) is 2.65. The summed E-state index contributed by atoms with van der Waals surface area (Å²) in [5.74, 6) is 0. The van der Waals surface area contributed by atoms with Crippen molar-refractivity contribution in [2.75, 3.05) is 33.9 Å². The molecule has 0 saturated carbocycles. The van der Waals surface area contributed by atoms with Crippen molar-refractivity contribution in [2.45, 2.75) is 25.2 Å². The van der Waals surface area contributed by atoms with Crippen LogP contribution in [0.2, 0.25) is 0 Å². The van der Waals surface area contributed by atoms with E-state index in [0.29, 0.717) is 6.54 Å². The fourth-order valence-electron chi connectivity index (χ4n) is 2.65. The molecule has 19 heavy (non-hydrogen) atoms. The van der Waals surface area contributed by atoms with Crippen molar-refractivity contribution in [3.05, 3.63) is 35.4 Å². The Kier molecular flexibility index (Phi) is 4.93. The van der Waals surface area contributed by atoms with Crippen LogP contribution in [0, 0.1) is 6.92 Å². The van der Waals surface area contributed by atoms with E-state index in [-0.39, 0.29) is 12.2 Å². The molecule has 1 aromatic carbocycles. The Labute approximate surface area is 114 Å². The van der Waals surface area contributed by atoms with Gasteiger partial charge in [0.15, 0.2) is 0 Å². The second-order valence-electron chi connectivity index (χ2n) is 5.20. The number of rotatable bonds is 5. The number of aryl methyl sites for hydroxylation is 1. The Hall–Kier alpha value is -0.940. The van der Waals surface area contributed by atoms with Gasteiger partial charge in [0.2, 0.25) is 0 Å². The molecule has 3 atom stereocenters. The summed E-state index contributed by atoms with van der Waals surface area (Å²) in [5, 5.41) is 10.3. The van der Waals surface area contributed by atoms with Gasteiger partial charge >= 0.3 is 0 Å². The number of β-amino-alcohol motifs (C(OH)–C–C–N with tert-alkyl or cyclic N) is 1. The molecule has 1 N–H and O–H groups in total. The molecular weight excluding hydrogens is 242 g/mol. The second kappa shape index (κ2) is 6.48. The number of aliphatic hydroxyl groups excluding tert-OH is 1. The van der Waals surface area contributed by atoms with Gasteiger partial charge in [-0.25, -0.2) is 0 Å². The van der Waals surface area contributed by atoms with Gasteiger partial charge in [0, 0.05) is 33.9 Å². The molecule has 1 aliphatic heterocycles. The lowest BCUT2D eigenvalue weighted by molar-refractivity contribution is -0.00461. The molecule has 106 valence electrons. The first-order chi connectivity index (χ1) is 9.13. The highest BCUT2D eigenvalue weighted by Gasteiger charge is 2.33. The molecule has 0 aliphatic carbocycles. The normalized spacial score (nSPS) is 25.7. The van der Waals surface area contributed by atoms with Crippen LogP contribution in [0.5, 0.6) is 0 Å². The highest BCUT2D eigenvalue weighted by Crippen LogP contribution is 2.21. The van der Waals surface area contributed by atoms with E-state index in [9.17, 15) is 5.11 Å². The van der Waals surface area contributed by atoms with Crippen molar-refractivity contribution in [3.63, 3.8) is 0 Å². The number of methoxy groups -OCH3 is 2. The van der Waals surface area contributed by atoms with E-state index >= 15 is 0 Å². The summed E-state index contributed by atoms with van der Waals surface area (Å²) in [5.41, 5.74) is 2.14. The number of hydrogen-bond acceptors (Lipinski definition) is 4. The third-order valence-corrected chi connectivity index (χ3v) is 3.75. The molecule has 1 saturated heterocycles. The molecular formula is C15H23NO3. The highest BCUT2D eigenvalue weighted by molar-refractivity contribution is 5.24. The Morgan fingerprint density at radius 2 is 1.89 bits per heavy atom. The van der Waals surface area contributed by atoms with Gasteiger partial charge in [-0.15, -0.1) is 0 Å². The molecule has 0 spiro atoms. The molecule has 3 unspecified atom stereocenters. The standard InChI is InChI=1S/C15H23NO3/c1-11-5-4-6-12(7-11)13(17)8-16-9-14(18-2)15(10-16)19-3/h4-7,13-15,17H,8-10H2,1-3H3. The second-order valence-corrected chi connectivity index (χ2v) is 5.20. The van der Waals surface area contributed by atoms with Crippen LogP contribution in [-0.4, -0.2) is 56.1 Å². The number of aliphatic hydroxyl groups is 1. The van der Waals surface area contributed by atoms with Crippen LogP contribution in [0.4, 0.5) is 0 Å². The first-order valence-electron chi connectivity index (χ1n) is 6.66. The van der Waals surface area contributed by atoms with Crippen molar-refractivity contribution in [2.24, 2.45) is 0 Å². The SMILES string of the molecule is COC1CN(CC(O)c2cccc(C)c2)CC1OC. The van der Waals surface area contributed by atoms with Gasteiger partial charge in [0.1, 0.15) is 0 Å².